The van der Waals surface area contributed by atoms with Crippen LogP contribution < -0.4 is 16.0 Å². The average molecular weight is 500 g/mol. The lowest BCUT2D eigenvalue weighted by Gasteiger charge is -2.36. The van der Waals surface area contributed by atoms with Crippen molar-refractivity contribution in [1.29, 1.82) is 0 Å². The summed E-state index contributed by atoms with van der Waals surface area (Å²) in [5, 5.41) is 8.64. The molecular weight excluding hydrogens is 467 g/mol. The lowest BCUT2D eigenvalue weighted by atomic mass is 10.3. The molecule has 158 valence electrons. The van der Waals surface area contributed by atoms with Crippen molar-refractivity contribution < 1.29 is 19.1 Å². The molecule has 0 aromatic rings. The normalized spacial score (nSPS) is 15.1. The van der Waals surface area contributed by atoms with Gasteiger partial charge >= 0.3 is 0 Å². The van der Waals surface area contributed by atoms with Gasteiger partial charge in [0.15, 0.2) is 5.96 Å². The molecule has 0 aromatic heterocycles. The highest BCUT2D eigenvalue weighted by atomic mass is 127. The van der Waals surface area contributed by atoms with Gasteiger partial charge in [0.25, 0.3) is 0 Å². The van der Waals surface area contributed by atoms with E-state index in [0.717, 1.165) is 26.2 Å². The van der Waals surface area contributed by atoms with Gasteiger partial charge in [-0.1, -0.05) is 0 Å². The minimum Gasteiger partial charge on any atom is -0.383 e. The molecule has 0 radical (unpaired) electrons. The SMILES string of the molecule is CN=C(NCC(=O)NCCOC)N1CCN(CC(=O)NCCOC)CC1.I. The number of carbonyl (C=O) groups is 2. The monoisotopic (exact) mass is 500 g/mol. The van der Waals surface area contributed by atoms with Crippen LogP contribution >= 0.6 is 24.0 Å². The van der Waals surface area contributed by atoms with E-state index in [-0.39, 0.29) is 42.3 Å². The summed E-state index contributed by atoms with van der Waals surface area (Å²) in [6.45, 7) is 5.58. The van der Waals surface area contributed by atoms with Crippen LogP contribution in [0.25, 0.3) is 0 Å². The van der Waals surface area contributed by atoms with Crippen LogP contribution in [0.1, 0.15) is 0 Å². The molecule has 2 amide bonds. The second-order valence-corrected chi connectivity index (χ2v) is 5.85. The summed E-state index contributed by atoms with van der Waals surface area (Å²) in [6, 6.07) is 0. The van der Waals surface area contributed by atoms with Gasteiger partial charge in [0.2, 0.25) is 11.8 Å². The molecule has 0 unspecified atom stereocenters. The smallest absolute Gasteiger partial charge is 0.239 e. The Hall–Kier alpha value is -1.18. The summed E-state index contributed by atoms with van der Waals surface area (Å²) >= 11 is 0. The van der Waals surface area contributed by atoms with Gasteiger partial charge in [-0.2, -0.15) is 0 Å². The fraction of sp³-hybridized carbons (Fsp3) is 0.812. The third kappa shape index (κ3) is 11.3. The lowest BCUT2D eigenvalue weighted by molar-refractivity contribution is -0.123. The van der Waals surface area contributed by atoms with Gasteiger partial charge in [-0.3, -0.25) is 19.5 Å². The molecule has 1 fully saturated rings. The molecular formula is C16H33IN6O4. The Bertz CT molecular complexity index is 458. The van der Waals surface area contributed by atoms with Crippen LogP contribution in [0.5, 0.6) is 0 Å². The fourth-order valence-corrected chi connectivity index (χ4v) is 2.52. The van der Waals surface area contributed by atoms with E-state index < -0.39 is 0 Å². The Balaban J connectivity index is 0.00000676. The molecule has 11 heteroatoms. The Morgan fingerprint density at radius 1 is 0.926 bits per heavy atom. The van der Waals surface area contributed by atoms with Gasteiger partial charge in [0.05, 0.1) is 26.3 Å². The summed E-state index contributed by atoms with van der Waals surface area (Å²) in [7, 11) is 4.89. The first kappa shape index (κ1) is 25.8. The van der Waals surface area contributed by atoms with Gasteiger partial charge in [0.1, 0.15) is 0 Å². The maximum Gasteiger partial charge on any atom is 0.239 e. The number of piperazine rings is 1. The van der Waals surface area contributed by atoms with Crippen molar-refractivity contribution in [3.8, 4) is 0 Å². The van der Waals surface area contributed by atoms with E-state index in [1.54, 1.807) is 21.3 Å². The molecule has 1 saturated heterocycles. The highest BCUT2D eigenvalue weighted by Crippen LogP contribution is 2.01. The van der Waals surface area contributed by atoms with E-state index >= 15 is 0 Å². The van der Waals surface area contributed by atoms with Gasteiger partial charge in [-0.15, -0.1) is 24.0 Å². The maximum absolute atomic E-state index is 11.8. The minimum atomic E-state index is -0.102. The van der Waals surface area contributed by atoms with Crippen molar-refractivity contribution in [2.45, 2.75) is 0 Å². The first-order chi connectivity index (χ1) is 12.6. The largest absolute Gasteiger partial charge is 0.383 e. The zero-order valence-corrected chi connectivity index (χ0v) is 18.8. The Morgan fingerprint density at radius 3 is 2.00 bits per heavy atom. The zero-order chi connectivity index (χ0) is 19.2. The number of halogens is 1. The first-order valence-corrected chi connectivity index (χ1v) is 8.80. The molecule has 27 heavy (non-hydrogen) atoms. The standard InChI is InChI=1S/C16H32N6O4.HI/c1-17-16(20-12-14(23)18-4-10-25-2)22-8-6-21(7-9-22)13-15(24)19-5-11-26-3;/h4-13H2,1-3H3,(H,17,20)(H,18,23)(H,19,24);1H. The van der Waals surface area contributed by atoms with Crippen molar-refractivity contribution in [3.63, 3.8) is 0 Å². The predicted molar refractivity (Wildman–Crippen MR) is 115 cm³/mol. The molecule has 1 heterocycles. The van der Waals surface area contributed by atoms with E-state index in [1.807, 2.05) is 0 Å². The van der Waals surface area contributed by atoms with Crippen LogP contribution in [0.2, 0.25) is 0 Å². The van der Waals surface area contributed by atoms with Gasteiger partial charge in [0, 0.05) is 60.5 Å². The number of carbonyl (C=O) groups excluding carboxylic acids is 2. The highest BCUT2D eigenvalue weighted by molar-refractivity contribution is 14.0. The van der Waals surface area contributed by atoms with Crippen LogP contribution in [0.3, 0.4) is 0 Å². The quantitative estimate of drug-likeness (QED) is 0.142. The number of nitrogens with one attached hydrogen (secondary N) is 3. The van der Waals surface area contributed by atoms with Crippen molar-refractivity contribution in [3.05, 3.63) is 0 Å². The number of guanidine groups is 1. The minimum absolute atomic E-state index is 0. The molecule has 1 aliphatic heterocycles. The number of methoxy groups -OCH3 is 2. The number of ether oxygens (including phenoxy) is 2. The molecule has 0 aromatic carbocycles. The van der Waals surface area contributed by atoms with Crippen molar-refractivity contribution in [2.24, 2.45) is 4.99 Å². The van der Waals surface area contributed by atoms with Crippen LogP contribution in [0, 0.1) is 0 Å². The average Bonchev–Trinajstić information content (AvgIpc) is 2.64. The van der Waals surface area contributed by atoms with E-state index in [1.165, 1.54) is 0 Å². The second-order valence-electron chi connectivity index (χ2n) is 5.85. The van der Waals surface area contributed by atoms with Crippen molar-refractivity contribution >= 4 is 41.8 Å². The molecule has 1 aliphatic rings. The van der Waals surface area contributed by atoms with Crippen molar-refractivity contribution in [2.75, 3.05) is 86.8 Å². The van der Waals surface area contributed by atoms with Gasteiger partial charge < -0.3 is 30.3 Å². The molecule has 0 aliphatic carbocycles. The summed E-state index contributed by atoms with van der Waals surface area (Å²) in [5.41, 5.74) is 0. The number of amides is 2. The van der Waals surface area contributed by atoms with E-state index in [4.69, 9.17) is 9.47 Å². The Morgan fingerprint density at radius 2 is 1.48 bits per heavy atom. The Kier molecular flexibility index (Phi) is 15.1. The van der Waals surface area contributed by atoms with Crippen LogP contribution in [0.4, 0.5) is 0 Å². The third-order valence-electron chi connectivity index (χ3n) is 3.91. The summed E-state index contributed by atoms with van der Waals surface area (Å²) < 4.78 is 9.80. The fourth-order valence-electron chi connectivity index (χ4n) is 2.52. The summed E-state index contributed by atoms with van der Waals surface area (Å²) in [6.07, 6.45) is 0. The molecule has 10 nitrogen and oxygen atoms in total. The van der Waals surface area contributed by atoms with Crippen LogP contribution in [-0.2, 0) is 19.1 Å². The molecule has 1 rings (SSSR count). The van der Waals surface area contributed by atoms with E-state index in [2.05, 4.69) is 30.7 Å². The van der Waals surface area contributed by atoms with Crippen LogP contribution in [0.15, 0.2) is 4.99 Å². The van der Waals surface area contributed by atoms with Crippen LogP contribution in [-0.4, -0.2) is 114 Å². The predicted octanol–water partition coefficient (Wildman–Crippen LogP) is -1.68. The van der Waals surface area contributed by atoms with Gasteiger partial charge in [-0.05, 0) is 0 Å². The number of nitrogens with zero attached hydrogens (tertiary/aromatic N) is 3. The second kappa shape index (κ2) is 15.8. The topological polar surface area (TPSA) is 108 Å². The maximum atomic E-state index is 11.8. The first-order valence-electron chi connectivity index (χ1n) is 8.80. The molecule has 0 atom stereocenters. The molecule has 0 bridgehead atoms. The summed E-state index contributed by atoms with van der Waals surface area (Å²) in [5.74, 6) is 0.594. The number of aliphatic imine (C=N–C) groups is 1. The number of hydrogen-bond donors (Lipinski definition) is 3. The zero-order valence-electron chi connectivity index (χ0n) is 16.5. The summed E-state index contributed by atoms with van der Waals surface area (Å²) in [4.78, 5) is 32.0. The number of rotatable bonds is 10. The van der Waals surface area contributed by atoms with E-state index in [9.17, 15) is 9.59 Å². The highest BCUT2D eigenvalue weighted by Gasteiger charge is 2.21. The van der Waals surface area contributed by atoms with E-state index in [0.29, 0.717) is 38.8 Å². The van der Waals surface area contributed by atoms with Crippen molar-refractivity contribution in [1.82, 2.24) is 25.8 Å². The molecule has 3 N–H and O–H groups in total. The Labute approximate surface area is 178 Å². The number of hydrogen-bond acceptors (Lipinski definition) is 6. The lowest BCUT2D eigenvalue weighted by Crippen LogP contribution is -2.55. The van der Waals surface area contributed by atoms with Gasteiger partial charge in [-0.25, -0.2) is 0 Å². The third-order valence-corrected chi connectivity index (χ3v) is 3.91. The molecule has 0 spiro atoms. The molecule has 0 saturated carbocycles.